The van der Waals surface area contributed by atoms with Gasteiger partial charge in [0.15, 0.2) is 11.5 Å². The number of aromatic nitrogens is 1. The number of allylic oxidation sites excluding steroid dienone is 1. The van der Waals surface area contributed by atoms with Crippen molar-refractivity contribution in [1.29, 1.82) is 0 Å². The Morgan fingerprint density at radius 1 is 1.00 bits per heavy atom. The number of hydrogen-bond acceptors (Lipinski definition) is 3. The maximum atomic E-state index is 5.96. The Hall–Kier alpha value is -2.88. The second-order valence-corrected chi connectivity index (χ2v) is 10.2. The quantitative estimate of drug-likeness (QED) is 0.515. The van der Waals surface area contributed by atoms with E-state index in [1.165, 1.54) is 16.6 Å². The fourth-order valence-electron chi connectivity index (χ4n) is 4.32. The number of benzene rings is 2. The van der Waals surface area contributed by atoms with E-state index in [-0.39, 0.29) is 10.8 Å². The molecule has 0 radical (unpaired) electrons. The molecule has 2 aromatic carbocycles. The van der Waals surface area contributed by atoms with Gasteiger partial charge in [-0.2, -0.15) is 0 Å². The fourth-order valence-corrected chi connectivity index (χ4v) is 4.32. The van der Waals surface area contributed by atoms with Crippen LogP contribution in [0.15, 0.2) is 54.7 Å². The number of ether oxygens (including phenoxy) is 2. The predicted molar refractivity (Wildman–Crippen MR) is 122 cm³/mol. The standard InChI is InChI=1S/C26H30N2O2/c1-16(27-19-8-9-20-17(13-19)14-23(28-20)24(2,3)4)26(11-12-26)18-7-10-21-22(15-18)30-25(5,6)29-21/h7-10,13-15,27-28H,1,11-12H2,2-6H3. The maximum Gasteiger partial charge on any atom is 0.246 e. The van der Waals surface area contributed by atoms with Crippen molar-refractivity contribution in [3.05, 3.63) is 66.0 Å². The molecule has 2 heterocycles. The molecule has 5 rings (SSSR count). The van der Waals surface area contributed by atoms with E-state index in [4.69, 9.17) is 9.47 Å². The van der Waals surface area contributed by atoms with Crippen molar-refractivity contribution in [3.63, 3.8) is 0 Å². The van der Waals surface area contributed by atoms with E-state index < -0.39 is 5.79 Å². The molecule has 0 unspecified atom stereocenters. The highest BCUT2D eigenvalue weighted by atomic mass is 16.7. The molecule has 0 saturated heterocycles. The van der Waals surface area contributed by atoms with E-state index in [9.17, 15) is 0 Å². The van der Waals surface area contributed by atoms with Gasteiger partial charge in [-0.25, -0.2) is 0 Å². The van der Waals surface area contributed by atoms with Crippen molar-refractivity contribution in [2.75, 3.05) is 5.32 Å². The molecular weight excluding hydrogens is 372 g/mol. The van der Waals surface area contributed by atoms with Gasteiger partial charge in [0, 0.05) is 52.7 Å². The van der Waals surface area contributed by atoms with Gasteiger partial charge in [-0.1, -0.05) is 33.4 Å². The minimum absolute atomic E-state index is 0.0468. The van der Waals surface area contributed by atoms with Crippen molar-refractivity contribution < 1.29 is 9.47 Å². The Morgan fingerprint density at radius 2 is 1.73 bits per heavy atom. The normalized spacial score (nSPS) is 18.4. The fraction of sp³-hybridized carbons (Fsp3) is 0.385. The summed E-state index contributed by atoms with van der Waals surface area (Å²) in [5.74, 6) is 1.02. The molecule has 0 spiro atoms. The molecule has 0 amide bonds. The minimum atomic E-state index is -0.606. The van der Waals surface area contributed by atoms with E-state index in [0.717, 1.165) is 41.2 Å². The van der Waals surface area contributed by atoms with Crippen LogP contribution in [0.2, 0.25) is 0 Å². The molecule has 0 atom stereocenters. The summed E-state index contributed by atoms with van der Waals surface area (Å²) >= 11 is 0. The molecule has 1 aliphatic carbocycles. The van der Waals surface area contributed by atoms with E-state index in [1.54, 1.807) is 0 Å². The van der Waals surface area contributed by atoms with Gasteiger partial charge in [-0.15, -0.1) is 0 Å². The SMILES string of the molecule is C=C(Nc1ccc2[nH]c(C(C)(C)C)cc2c1)C1(c2ccc3c(c2)OC(C)(C)O3)CC1. The zero-order valence-electron chi connectivity index (χ0n) is 18.5. The number of anilines is 1. The highest BCUT2D eigenvalue weighted by Crippen LogP contribution is 2.55. The predicted octanol–water partition coefficient (Wildman–Crippen LogP) is 6.63. The van der Waals surface area contributed by atoms with Crippen molar-refractivity contribution in [3.8, 4) is 11.5 Å². The van der Waals surface area contributed by atoms with Crippen LogP contribution in [0.4, 0.5) is 5.69 Å². The van der Waals surface area contributed by atoms with Crippen LogP contribution < -0.4 is 14.8 Å². The van der Waals surface area contributed by atoms with Crippen LogP contribution in [0, 0.1) is 0 Å². The smallest absolute Gasteiger partial charge is 0.246 e. The molecule has 4 nitrogen and oxygen atoms in total. The third kappa shape index (κ3) is 3.15. The van der Waals surface area contributed by atoms with E-state index >= 15 is 0 Å². The topological polar surface area (TPSA) is 46.3 Å². The first kappa shape index (κ1) is 19.1. The van der Waals surface area contributed by atoms with Gasteiger partial charge in [0.1, 0.15) is 0 Å². The van der Waals surface area contributed by atoms with Gasteiger partial charge in [0.2, 0.25) is 5.79 Å². The van der Waals surface area contributed by atoms with Crippen LogP contribution in [0.25, 0.3) is 10.9 Å². The molecule has 0 bridgehead atoms. The summed E-state index contributed by atoms with van der Waals surface area (Å²) < 4.78 is 11.8. The van der Waals surface area contributed by atoms with Gasteiger partial charge in [-0.05, 0) is 54.8 Å². The lowest BCUT2D eigenvalue weighted by atomic mass is 9.92. The van der Waals surface area contributed by atoms with E-state index in [2.05, 4.69) is 74.0 Å². The molecular formula is C26H30N2O2. The Morgan fingerprint density at radius 3 is 2.43 bits per heavy atom. The molecule has 30 heavy (non-hydrogen) atoms. The second-order valence-electron chi connectivity index (χ2n) is 10.2. The molecule has 1 aromatic heterocycles. The van der Waals surface area contributed by atoms with Gasteiger partial charge in [-0.3, -0.25) is 0 Å². The first-order chi connectivity index (χ1) is 14.1. The first-order valence-electron chi connectivity index (χ1n) is 10.7. The zero-order chi connectivity index (χ0) is 21.3. The van der Waals surface area contributed by atoms with Crippen molar-refractivity contribution >= 4 is 16.6 Å². The number of aromatic amines is 1. The summed E-state index contributed by atoms with van der Waals surface area (Å²) in [6.45, 7) is 15.0. The second kappa shape index (κ2) is 6.07. The van der Waals surface area contributed by atoms with Gasteiger partial charge in [0.25, 0.3) is 0 Å². The summed E-state index contributed by atoms with van der Waals surface area (Å²) in [4.78, 5) is 3.54. The molecule has 2 aliphatic rings. The zero-order valence-corrected chi connectivity index (χ0v) is 18.5. The summed E-state index contributed by atoms with van der Waals surface area (Å²) in [7, 11) is 0. The van der Waals surface area contributed by atoms with E-state index in [1.807, 2.05) is 19.9 Å². The Kier molecular flexibility index (Phi) is 3.86. The average molecular weight is 403 g/mol. The molecule has 3 aromatic rings. The lowest BCUT2D eigenvalue weighted by molar-refractivity contribution is -0.0431. The number of fused-ring (bicyclic) bond motifs is 2. The van der Waals surface area contributed by atoms with Crippen LogP contribution in [0.3, 0.4) is 0 Å². The minimum Gasteiger partial charge on any atom is -0.449 e. The van der Waals surface area contributed by atoms with Crippen LogP contribution >= 0.6 is 0 Å². The average Bonchev–Trinajstić information content (AvgIpc) is 3.24. The Labute approximate surface area is 178 Å². The Bertz CT molecular complexity index is 1160. The molecule has 1 fully saturated rings. The van der Waals surface area contributed by atoms with Crippen LogP contribution in [0.5, 0.6) is 11.5 Å². The molecule has 1 saturated carbocycles. The lowest BCUT2D eigenvalue weighted by Crippen LogP contribution is -2.29. The molecule has 1 aliphatic heterocycles. The van der Waals surface area contributed by atoms with Crippen LogP contribution in [0.1, 0.15) is 58.7 Å². The summed E-state index contributed by atoms with van der Waals surface area (Å²) in [6, 6.07) is 15.0. The number of rotatable bonds is 4. The first-order valence-corrected chi connectivity index (χ1v) is 10.7. The highest BCUT2D eigenvalue weighted by molar-refractivity contribution is 5.84. The van der Waals surface area contributed by atoms with Crippen LogP contribution in [-0.2, 0) is 10.8 Å². The molecule has 2 N–H and O–H groups in total. The summed E-state index contributed by atoms with van der Waals surface area (Å²) in [6.07, 6.45) is 2.17. The molecule has 4 heteroatoms. The van der Waals surface area contributed by atoms with Gasteiger partial charge >= 0.3 is 0 Å². The largest absolute Gasteiger partial charge is 0.449 e. The molecule has 156 valence electrons. The summed E-state index contributed by atoms with van der Waals surface area (Å²) in [5, 5.41) is 4.80. The van der Waals surface area contributed by atoms with Crippen LogP contribution in [-0.4, -0.2) is 10.8 Å². The third-order valence-electron chi connectivity index (χ3n) is 6.26. The van der Waals surface area contributed by atoms with Crippen molar-refractivity contribution in [1.82, 2.24) is 4.98 Å². The number of H-pyrrole nitrogens is 1. The summed E-state index contributed by atoms with van der Waals surface area (Å²) in [5.41, 5.74) is 5.80. The monoisotopic (exact) mass is 402 g/mol. The van der Waals surface area contributed by atoms with Gasteiger partial charge < -0.3 is 19.8 Å². The third-order valence-corrected chi connectivity index (χ3v) is 6.26. The number of hydrogen-bond donors (Lipinski definition) is 2. The Balaban J connectivity index is 1.39. The van der Waals surface area contributed by atoms with Crippen molar-refractivity contribution in [2.24, 2.45) is 0 Å². The maximum absolute atomic E-state index is 5.96. The lowest BCUT2D eigenvalue weighted by Gasteiger charge is -2.21. The highest BCUT2D eigenvalue weighted by Gasteiger charge is 2.48. The van der Waals surface area contributed by atoms with Crippen molar-refractivity contribution in [2.45, 2.75) is 64.1 Å². The van der Waals surface area contributed by atoms with Gasteiger partial charge in [0.05, 0.1) is 0 Å². The van der Waals surface area contributed by atoms with E-state index in [0.29, 0.717) is 0 Å². The number of nitrogens with one attached hydrogen (secondary N) is 2.